The van der Waals surface area contributed by atoms with Gasteiger partial charge in [0.15, 0.2) is 0 Å². The summed E-state index contributed by atoms with van der Waals surface area (Å²) < 4.78 is 18.7. The molecule has 0 spiro atoms. The molecule has 0 saturated heterocycles. The Kier molecular flexibility index (Phi) is 4.98. The second-order valence-electron chi connectivity index (χ2n) is 5.64. The van der Waals surface area contributed by atoms with Crippen molar-refractivity contribution in [2.24, 2.45) is 0 Å². The molecule has 0 bridgehead atoms. The number of hydrogen-bond donors (Lipinski definition) is 1. The fraction of sp³-hybridized carbons (Fsp3) is 0.235. The standard InChI is InChI=1S/C17H15BrFN3O3/c1-10-4-5-11(19)7-13(10)16(23)20-9-12-3-2-6-22(12)17(24)14-8-15(18)21-25-14/h2-5,7-8,12H,6,9H2,1H3,(H,20,23). The van der Waals surface area contributed by atoms with Gasteiger partial charge in [0, 0.05) is 24.7 Å². The van der Waals surface area contributed by atoms with Crippen molar-refractivity contribution in [1.29, 1.82) is 0 Å². The first-order valence-corrected chi connectivity index (χ1v) is 8.39. The van der Waals surface area contributed by atoms with Crippen molar-refractivity contribution >= 4 is 27.7 Å². The number of halogens is 2. The highest BCUT2D eigenvalue weighted by Gasteiger charge is 2.28. The van der Waals surface area contributed by atoms with Gasteiger partial charge in [-0.2, -0.15) is 0 Å². The van der Waals surface area contributed by atoms with E-state index in [1.54, 1.807) is 17.9 Å². The number of hydrogen-bond acceptors (Lipinski definition) is 4. The van der Waals surface area contributed by atoms with Gasteiger partial charge in [-0.1, -0.05) is 23.4 Å². The predicted molar refractivity (Wildman–Crippen MR) is 91.6 cm³/mol. The van der Waals surface area contributed by atoms with E-state index in [0.717, 1.165) is 0 Å². The molecule has 0 aliphatic carbocycles. The maximum atomic E-state index is 13.3. The Morgan fingerprint density at radius 1 is 1.44 bits per heavy atom. The largest absolute Gasteiger partial charge is 0.350 e. The van der Waals surface area contributed by atoms with Crippen molar-refractivity contribution in [3.8, 4) is 0 Å². The molecule has 25 heavy (non-hydrogen) atoms. The number of aromatic nitrogens is 1. The third-order valence-corrected chi connectivity index (χ3v) is 4.30. The number of rotatable bonds is 4. The summed E-state index contributed by atoms with van der Waals surface area (Å²) >= 11 is 3.13. The molecule has 2 heterocycles. The topological polar surface area (TPSA) is 75.4 Å². The van der Waals surface area contributed by atoms with Gasteiger partial charge in [-0.25, -0.2) is 4.39 Å². The lowest BCUT2D eigenvalue weighted by Crippen LogP contribution is -2.43. The highest BCUT2D eigenvalue weighted by molar-refractivity contribution is 9.10. The quantitative estimate of drug-likeness (QED) is 0.790. The second-order valence-corrected chi connectivity index (χ2v) is 6.45. The summed E-state index contributed by atoms with van der Waals surface area (Å²) in [6, 6.07) is 5.24. The van der Waals surface area contributed by atoms with E-state index in [1.165, 1.54) is 18.2 Å². The third-order valence-electron chi connectivity index (χ3n) is 3.93. The Balaban J connectivity index is 1.65. The van der Waals surface area contributed by atoms with Gasteiger partial charge in [-0.3, -0.25) is 9.59 Å². The molecule has 1 N–H and O–H groups in total. The van der Waals surface area contributed by atoms with Crippen LogP contribution in [0.25, 0.3) is 0 Å². The van der Waals surface area contributed by atoms with Gasteiger partial charge in [-0.15, -0.1) is 0 Å². The van der Waals surface area contributed by atoms with Crippen LogP contribution in [0.4, 0.5) is 4.39 Å². The van der Waals surface area contributed by atoms with Crippen molar-refractivity contribution in [1.82, 2.24) is 15.4 Å². The lowest BCUT2D eigenvalue weighted by molar-refractivity contribution is 0.0699. The lowest BCUT2D eigenvalue weighted by Gasteiger charge is -2.23. The minimum absolute atomic E-state index is 0.118. The smallest absolute Gasteiger partial charge is 0.293 e. The number of aryl methyl sites for hydroxylation is 1. The number of amides is 2. The number of carbonyl (C=O) groups excluding carboxylic acids is 2. The van der Waals surface area contributed by atoms with E-state index >= 15 is 0 Å². The van der Waals surface area contributed by atoms with E-state index in [1.807, 2.05) is 12.2 Å². The number of benzene rings is 1. The molecule has 0 saturated carbocycles. The first kappa shape index (κ1) is 17.3. The Labute approximate surface area is 151 Å². The maximum absolute atomic E-state index is 13.3. The molecule has 2 aromatic rings. The summed E-state index contributed by atoms with van der Waals surface area (Å²) in [7, 11) is 0. The van der Waals surface area contributed by atoms with Crippen molar-refractivity contribution in [3.05, 3.63) is 63.7 Å². The number of nitrogens with one attached hydrogen (secondary N) is 1. The molecular formula is C17H15BrFN3O3. The van der Waals surface area contributed by atoms with Gasteiger partial charge < -0.3 is 14.7 Å². The Bertz CT molecular complexity index is 849. The average Bonchev–Trinajstić information content (AvgIpc) is 3.23. The molecule has 2 amide bonds. The van der Waals surface area contributed by atoms with E-state index in [2.05, 4.69) is 26.4 Å². The van der Waals surface area contributed by atoms with Crippen LogP contribution in [0.15, 0.2) is 45.5 Å². The SMILES string of the molecule is Cc1ccc(F)cc1C(=O)NCC1C=CCN1C(=O)c1cc(Br)no1. The van der Waals surface area contributed by atoms with Crippen LogP contribution >= 0.6 is 15.9 Å². The molecule has 1 aromatic carbocycles. The van der Waals surface area contributed by atoms with Crippen LogP contribution in [0.5, 0.6) is 0 Å². The summed E-state index contributed by atoms with van der Waals surface area (Å²) in [4.78, 5) is 26.3. The normalized spacial score (nSPS) is 16.3. The van der Waals surface area contributed by atoms with Gasteiger partial charge in [0.2, 0.25) is 5.76 Å². The molecule has 0 fully saturated rings. The minimum atomic E-state index is -0.468. The molecular weight excluding hydrogens is 393 g/mol. The molecule has 130 valence electrons. The first-order valence-electron chi connectivity index (χ1n) is 7.60. The fourth-order valence-corrected chi connectivity index (χ4v) is 2.89. The Hall–Kier alpha value is -2.48. The summed E-state index contributed by atoms with van der Waals surface area (Å²) in [5.41, 5.74) is 0.958. The lowest BCUT2D eigenvalue weighted by atomic mass is 10.1. The van der Waals surface area contributed by atoms with Crippen molar-refractivity contribution in [3.63, 3.8) is 0 Å². The Morgan fingerprint density at radius 3 is 2.96 bits per heavy atom. The van der Waals surface area contributed by atoms with Crippen molar-refractivity contribution in [2.75, 3.05) is 13.1 Å². The van der Waals surface area contributed by atoms with E-state index in [0.29, 0.717) is 16.7 Å². The molecule has 1 aromatic heterocycles. The fourth-order valence-electron chi connectivity index (χ4n) is 2.61. The Morgan fingerprint density at radius 2 is 2.24 bits per heavy atom. The molecule has 3 rings (SSSR count). The highest BCUT2D eigenvalue weighted by Crippen LogP contribution is 2.17. The first-order chi connectivity index (χ1) is 12.0. The summed E-state index contributed by atoms with van der Waals surface area (Å²) in [6.45, 7) is 2.37. The van der Waals surface area contributed by atoms with Gasteiger partial charge in [0.25, 0.3) is 11.8 Å². The average molecular weight is 408 g/mol. The predicted octanol–water partition coefficient (Wildman–Crippen LogP) is 2.70. The van der Waals surface area contributed by atoms with E-state index in [9.17, 15) is 14.0 Å². The van der Waals surface area contributed by atoms with E-state index < -0.39 is 5.82 Å². The van der Waals surface area contributed by atoms with Gasteiger partial charge >= 0.3 is 0 Å². The zero-order chi connectivity index (χ0) is 18.0. The van der Waals surface area contributed by atoms with Crippen LogP contribution in [0.3, 0.4) is 0 Å². The van der Waals surface area contributed by atoms with Gasteiger partial charge in [-0.05, 0) is 40.5 Å². The molecule has 1 aliphatic rings. The van der Waals surface area contributed by atoms with Crippen LogP contribution < -0.4 is 5.32 Å². The van der Waals surface area contributed by atoms with Crippen molar-refractivity contribution in [2.45, 2.75) is 13.0 Å². The minimum Gasteiger partial charge on any atom is -0.350 e. The molecule has 8 heteroatoms. The summed E-state index contributed by atoms with van der Waals surface area (Å²) in [5, 5.41) is 6.38. The molecule has 1 unspecified atom stereocenters. The van der Waals surface area contributed by atoms with Crippen LogP contribution in [-0.2, 0) is 0 Å². The van der Waals surface area contributed by atoms with Crippen LogP contribution in [0, 0.1) is 12.7 Å². The molecule has 6 nitrogen and oxygen atoms in total. The summed E-state index contributed by atoms with van der Waals surface area (Å²) in [6.07, 6.45) is 3.68. The second kappa shape index (κ2) is 7.18. The van der Waals surface area contributed by atoms with E-state index in [4.69, 9.17) is 4.52 Å². The summed E-state index contributed by atoms with van der Waals surface area (Å²) in [5.74, 6) is -1.05. The molecule has 1 aliphatic heterocycles. The van der Waals surface area contributed by atoms with Crippen LogP contribution in [0.1, 0.15) is 26.5 Å². The van der Waals surface area contributed by atoms with Crippen LogP contribution in [0.2, 0.25) is 0 Å². The van der Waals surface area contributed by atoms with Crippen molar-refractivity contribution < 1.29 is 18.5 Å². The highest BCUT2D eigenvalue weighted by atomic mass is 79.9. The van der Waals surface area contributed by atoms with E-state index in [-0.39, 0.29) is 35.7 Å². The third kappa shape index (κ3) is 3.79. The van der Waals surface area contributed by atoms with Gasteiger partial charge in [0.1, 0.15) is 10.4 Å². The monoisotopic (exact) mass is 407 g/mol. The molecule has 1 atom stereocenters. The number of nitrogens with zero attached hydrogens (tertiary/aromatic N) is 2. The molecule has 0 radical (unpaired) electrons. The zero-order valence-corrected chi connectivity index (χ0v) is 14.9. The van der Waals surface area contributed by atoms with Gasteiger partial charge in [0.05, 0.1) is 6.04 Å². The maximum Gasteiger partial charge on any atom is 0.293 e. The van der Waals surface area contributed by atoms with Crippen LogP contribution in [-0.4, -0.2) is 41.0 Å². The zero-order valence-electron chi connectivity index (χ0n) is 13.3. The number of carbonyl (C=O) groups is 2.